The maximum absolute atomic E-state index is 13.7. The number of methoxy groups -OCH3 is 1. The number of aromatic nitrogens is 4. The predicted octanol–water partition coefficient (Wildman–Crippen LogP) is 4.16. The summed E-state index contributed by atoms with van der Waals surface area (Å²) in [5.41, 5.74) is 4.66. The minimum Gasteiger partial charge on any atom is -0.497 e. The normalized spacial score (nSPS) is 21.8. The number of ether oxygens (including phenoxy) is 2. The largest absolute Gasteiger partial charge is 0.497 e. The molecule has 230 valence electrons. The van der Waals surface area contributed by atoms with Gasteiger partial charge in [0.25, 0.3) is 0 Å². The average Bonchev–Trinajstić information content (AvgIpc) is 3.48. The second kappa shape index (κ2) is 12.1. The summed E-state index contributed by atoms with van der Waals surface area (Å²) in [6.07, 6.45) is 8.30. The molecule has 3 aliphatic rings. The summed E-state index contributed by atoms with van der Waals surface area (Å²) in [4.78, 5) is 27.2. The number of carbonyl (C=O) groups excluding carboxylic acids is 1. The van der Waals surface area contributed by atoms with E-state index >= 15 is 0 Å². The fourth-order valence-electron chi connectivity index (χ4n) is 7.42. The predicted molar refractivity (Wildman–Crippen MR) is 169 cm³/mol. The monoisotopic (exact) mass is 595 g/mol. The first-order valence-corrected chi connectivity index (χ1v) is 15.9. The standard InChI is InChI=1S/C34H41N7O3/c1-3-44-28-6-4-5-24(19-28)22-41-32-29(21-38-41)31(35-23-36-32)39-15-17-40(18-16-39)33(42)25-9-12-34(13-10-25)30-8-7-27(43-2)20-26(30)11-14-37-34/h4-8,19-21,23,25,37H,3,9-18,22H2,1-2H3/t25-,34-. The van der Waals surface area contributed by atoms with E-state index in [1.807, 2.05) is 36.0 Å². The summed E-state index contributed by atoms with van der Waals surface area (Å²) in [5, 5.41) is 9.42. The Morgan fingerprint density at radius 1 is 1.05 bits per heavy atom. The number of carbonyl (C=O) groups is 1. The molecule has 10 heteroatoms. The minimum absolute atomic E-state index is 0.0236. The lowest BCUT2D eigenvalue weighted by Crippen LogP contribution is -2.53. The summed E-state index contributed by atoms with van der Waals surface area (Å²) in [6.45, 7) is 7.07. The van der Waals surface area contributed by atoms with Gasteiger partial charge >= 0.3 is 0 Å². The van der Waals surface area contributed by atoms with Crippen LogP contribution in [0.15, 0.2) is 55.0 Å². The van der Waals surface area contributed by atoms with Crippen LogP contribution in [0.4, 0.5) is 5.82 Å². The van der Waals surface area contributed by atoms with Crippen LogP contribution < -0.4 is 19.7 Å². The van der Waals surface area contributed by atoms with Gasteiger partial charge < -0.3 is 24.6 Å². The van der Waals surface area contributed by atoms with Crippen molar-refractivity contribution in [3.05, 3.63) is 71.7 Å². The number of nitrogens with one attached hydrogen (secondary N) is 1. The van der Waals surface area contributed by atoms with E-state index in [0.717, 1.165) is 85.7 Å². The van der Waals surface area contributed by atoms with Gasteiger partial charge in [-0.3, -0.25) is 4.79 Å². The van der Waals surface area contributed by atoms with Gasteiger partial charge in [0.2, 0.25) is 5.91 Å². The Bertz CT molecular complexity index is 1640. The highest BCUT2D eigenvalue weighted by molar-refractivity contribution is 5.87. The van der Waals surface area contributed by atoms with E-state index < -0.39 is 0 Å². The van der Waals surface area contributed by atoms with Crippen molar-refractivity contribution in [2.24, 2.45) is 5.92 Å². The minimum atomic E-state index is -0.0236. The number of piperazine rings is 1. The van der Waals surface area contributed by atoms with Crippen molar-refractivity contribution in [2.45, 2.75) is 51.1 Å². The molecule has 7 rings (SSSR count). The number of hydrogen-bond donors (Lipinski definition) is 1. The lowest BCUT2D eigenvalue weighted by atomic mass is 9.69. The highest BCUT2D eigenvalue weighted by Crippen LogP contribution is 2.44. The fourth-order valence-corrected chi connectivity index (χ4v) is 7.42. The number of nitrogens with zero attached hydrogens (tertiary/aromatic N) is 6. The highest BCUT2D eigenvalue weighted by atomic mass is 16.5. The van der Waals surface area contributed by atoms with E-state index in [1.54, 1.807) is 13.4 Å². The Morgan fingerprint density at radius 2 is 1.89 bits per heavy atom. The first-order chi connectivity index (χ1) is 21.6. The number of rotatable bonds is 7. The fraction of sp³-hybridized carbons (Fsp3) is 0.471. The van der Waals surface area contributed by atoms with E-state index in [-0.39, 0.29) is 11.5 Å². The lowest BCUT2D eigenvalue weighted by molar-refractivity contribution is -0.137. The van der Waals surface area contributed by atoms with Crippen LogP contribution in [0, 0.1) is 5.92 Å². The molecular formula is C34H41N7O3. The molecule has 2 aliphatic heterocycles. The van der Waals surface area contributed by atoms with Gasteiger partial charge in [0.05, 0.1) is 31.8 Å². The smallest absolute Gasteiger partial charge is 0.225 e. The molecule has 0 atom stereocenters. The molecule has 2 fully saturated rings. The summed E-state index contributed by atoms with van der Waals surface area (Å²) in [7, 11) is 1.73. The third kappa shape index (κ3) is 5.36. The van der Waals surface area contributed by atoms with Crippen molar-refractivity contribution in [2.75, 3.05) is 51.3 Å². The molecule has 1 amide bonds. The van der Waals surface area contributed by atoms with Gasteiger partial charge in [-0.2, -0.15) is 5.10 Å². The van der Waals surface area contributed by atoms with Gasteiger partial charge in [0.15, 0.2) is 5.65 Å². The molecule has 2 aromatic heterocycles. The van der Waals surface area contributed by atoms with E-state index in [4.69, 9.17) is 9.47 Å². The van der Waals surface area contributed by atoms with Crippen LogP contribution >= 0.6 is 0 Å². The van der Waals surface area contributed by atoms with Crippen LogP contribution in [0.5, 0.6) is 11.5 Å². The van der Waals surface area contributed by atoms with Gasteiger partial charge in [-0.05, 0) is 80.0 Å². The molecule has 44 heavy (non-hydrogen) atoms. The summed E-state index contributed by atoms with van der Waals surface area (Å²) < 4.78 is 13.1. The van der Waals surface area contributed by atoms with Crippen molar-refractivity contribution in [1.82, 2.24) is 30.0 Å². The van der Waals surface area contributed by atoms with Gasteiger partial charge in [0.1, 0.15) is 23.6 Å². The SMILES string of the molecule is CCOc1cccc(Cn2ncc3c(N4CCN(C(=O)[C@H]5CC[C@@]6(CC5)NCCc5cc(OC)ccc56)CC4)ncnc32)c1. The van der Waals surface area contributed by atoms with Crippen LogP contribution in [0.3, 0.4) is 0 Å². The summed E-state index contributed by atoms with van der Waals surface area (Å²) in [5.74, 6) is 3.05. The maximum Gasteiger partial charge on any atom is 0.225 e. The Morgan fingerprint density at radius 3 is 2.68 bits per heavy atom. The second-order valence-corrected chi connectivity index (χ2v) is 12.2. The lowest BCUT2D eigenvalue weighted by Gasteiger charge is -2.46. The van der Waals surface area contributed by atoms with E-state index in [9.17, 15) is 4.79 Å². The molecule has 2 aromatic carbocycles. The molecule has 4 heterocycles. The quantitative estimate of drug-likeness (QED) is 0.340. The molecule has 1 spiro atoms. The molecule has 1 saturated carbocycles. The molecule has 0 bridgehead atoms. The molecule has 0 unspecified atom stereocenters. The Labute approximate surface area is 258 Å². The Kier molecular flexibility index (Phi) is 7.84. The van der Waals surface area contributed by atoms with Crippen molar-refractivity contribution < 1.29 is 14.3 Å². The maximum atomic E-state index is 13.7. The average molecular weight is 596 g/mol. The molecule has 1 N–H and O–H groups in total. The zero-order chi connectivity index (χ0) is 30.1. The number of hydrogen-bond acceptors (Lipinski definition) is 8. The summed E-state index contributed by atoms with van der Waals surface area (Å²) in [6, 6.07) is 14.6. The third-order valence-corrected chi connectivity index (χ3v) is 9.72. The third-order valence-electron chi connectivity index (χ3n) is 9.72. The highest BCUT2D eigenvalue weighted by Gasteiger charge is 2.42. The van der Waals surface area contributed by atoms with E-state index in [0.29, 0.717) is 32.1 Å². The number of amides is 1. The topological polar surface area (TPSA) is 97.6 Å². The summed E-state index contributed by atoms with van der Waals surface area (Å²) >= 11 is 0. The molecule has 0 radical (unpaired) electrons. The van der Waals surface area contributed by atoms with E-state index in [2.05, 4.69) is 54.4 Å². The number of anilines is 1. The second-order valence-electron chi connectivity index (χ2n) is 12.2. The molecule has 10 nitrogen and oxygen atoms in total. The van der Waals surface area contributed by atoms with Crippen molar-refractivity contribution in [1.29, 1.82) is 0 Å². The molecule has 1 aliphatic carbocycles. The zero-order valence-electron chi connectivity index (χ0n) is 25.7. The first-order valence-electron chi connectivity index (χ1n) is 15.9. The van der Waals surface area contributed by atoms with Crippen molar-refractivity contribution >= 4 is 22.8 Å². The van der Waals surface area contributed by atoms with Crippen molar-refractivity contribution in [3.63, 3.8) is 0 Å². The van der Waals surface area contributed by atoms with Crippen LogP contribution in [-0.4, -0.2) is 77.0 Å². The van der Waals surface area contributed by atoms with Gasteiger partial charge in [0, 0.05) is 44.2 Å². The van der Waals surface area contributed by atoms with Crippen LogP contribution in [0.1, 0.15) is 49.3 Å². The van der Waals surface area contributed by atoms with Gasteiger partial charge in [-0.25, -0.2) is 14.6 Å². The number of benzene rings is 2. The van der Waals surface area contributed by atoms with Crippen LogP contribution in [0.25, 0.3) is 11.0 Å². The van der Waals surface area contributed by atoms with Crippen LogP contribution in [0.2, 0.25) is 0 Å². The van der Waals surface area contributed by atoms with Gasteiger partial charge in [-0.1, -0.05) is 18.2 Å². The molecule has 4 aromatic rings. The number of fused-ring (bicyclic) bond motifs is 3. The Balaban J connectivity index is 0.980. The first kappa shape index (κ1) is 28.6. The Hall–Kier alpha value is -4.18. The van der Waals surface area contributed by atoms with Gasteiger partial charge in [-0.15, -0.1) is 0 Å². The van der Waals surface area contributed by atoms with Crippen LogP contribution in [-0.2, 0) is 23.3 Å². The molecule has 1 saturated heterocycles. The van der Waals surface area contributed by atoms with E-state index in [1.165, 1.54) is 11.1 Å². The van der Waals surface area contributed by atoms with Crippen molar-refractivity contribution in [3.8, 4) is 11.5 Å². The molecular weight excluding hydrogens is 554 g/mol. The zero-order valence-corrected chi connectivity index (χ0v) is 25.7.